The minimum absolute atomic E-state index is 0.161. The van der Waals surface area contributed by atoms with Gasteiger partial charge in [-0.1, -0.05) is 18.2 Å². The van der Waals surface area contributed by atoms with E-state index in [1.54, 1.807) is 13.2 Å². The molecule has 21 heavy (non-hydrogen) atoms. The molecule has 110 valence electrons. The van der Waals surface area contributed by atoms with Gasteiger partial charge in [-0.25, -0.2) is 4.79 Å². The van der Waals surface area contributed by atoms with Crippen molar-refractivity contribution >= 4 is 23.6 Å². The molecule has 0 fully saturated rings. The van der Waals surface area contributed by atoms with Crippen molar-refractivity contribution < 1.29 is 14.7 Å². The Morgan fingerprint density at radius 1 is 1.38 bits per heavy atom. The van der Waals surface area contributed by atoms with Crippen LogP contribution in [0.3, 0.4) is 0 Å². The average molecular weight is 305 g/mol. The fourth-order valence-electron chi connectivity index (χ4n) is 1.75. The summed E-state index contributed by atoms with van der Waals surface area (Å²) in [6, 6.07) is 8.38. The molecule has 0 spiro atoms. The van der Waals surface area contributed by atoms with Gasteiger partial charge in [-0.2, -0.15) is 5.10 Å². The van der Waals surface area contributed by atoms with Crippen LogP contribution in [0.5, 0.6) is 0 Å². The van der Waals surface area contributed by atoms with E-state index in [0.717, 1.165) is 4.90 Å². The Balaban J connectivity index is 1.94. The highest BCUT2D eigenvalue weighted by atomic mass is 32.2. The number of carbonyl (C=O) groups excluding carboxylic acids is 1. The summed E-state index contributed by atoms with van der Waals surface area (Å²) in [5.74, 6) is -1.28. The number of carboxylic acid groups (broad SMARTS) is 1. The summed E-state index contributed by atoms with van der Waals surface area (Å²) in [6.07, 6.45) is 3.01. The Kier molecular flexibility index (Phi) is 4.99. The molecule has 1 aromatic heterocycles. The van der Waals surface area contributed by atoms with Gasteiger partial charge in [0.1, 0.15) is 0 Å². The van der Waals surface area contributed by atoms with E-state index >= 15 is 0 Å². The molecule has 0 radical (unpaired) electrons. The predicted molar refractivity (Wildman–Crippen MR) is 78.9 cm³/mol. The van der Waals surface area contributed by atoms with Gasteiger partial charge in [-0.3, -0.25) is 9.48 Å². The van der Waals surface area contributed by atoms with Crippen molar-refractivity contribution in [1.82, 2.24) is 15.1 Å². The van der Waals surface area contributed by atoms with Crippen molar-refractivity contribution in [3.05, 3.63) is 48.3 Å². The molecule has 6 nitrogen and oxygen atoms in total. The number of aliphatic carboxylic acids is 1. The monoisotopic (exact) mass is 305 g/mol. The number of amides is 1. The molecular formula is C14H15N3O3S. The zero-order chi connectivity index (χ0) is 15.2. The molecule has 2 aromatic rings. The molecule has 7 heteroatoms. The smallest absolute Gasteiger partial charge is 0.331 e. The highest BCUT2D eigenvalue weighted by molar-refractivity contribution is 8.00. The standard InChI is InChI=1S/C14H15N3O3S/c1-17-8-10(7-15-17)13(14(19)20)16-12(18)9-21-11-5-3-2-4-6-11/h2-8,13H,9H2,1H3,(H,16,18)(H,19,20). The van der Waals surface area contributed by atoms with Crippen LogP contribution in [0.2, 0.25) is 0 Å². The van der Waals surface area contributed by atoms with Crippen LogP contribution >= 0.6 is 11.8 Å². The molecule has 1 heterocycles. The first kappa shape index (κ1) is 15.1. The van der Waals surface area contributed by atoms with Crippen LogP contribution in [0.15, 0.2) is 47.6 Å². The first-order chi connectivity index (χ1) is 10.1. The van der Waals surface area contributed by atoms with E-state index in [4.69, 9.17) is 0 Å². The number of carboxylic acids is 1. The van der Waals surface area contributed by atoms with Crippen molar-refractivity contribution in [2.45, 2.75) is 10.9 Å². The minimum atomic E-state index is -1.11. The SMILES string of the molecule is Cn1cc(C(NC(=O)CSc2ccccc2)C(=O)O)cn1. The van der Waals surface area contributed by atoms with Crippen LogP contribution in [-0.2, 0) is 16.6 Å². The van der Waals surface area contributed by atoms with Crippen molar-refractivity contribution in [1.29, 1.82) is 0 Å². The van der Waals surface area contributed by atoms with Crippen LogP contribution in [0.1, 0.15) is 11.6 Å². The van der Waals surface area contributed by atoms with Crippen LogP contribution in [-0.4, -0.2) is 32.5 Å². The molecule has 1 atom stereocenters. The Bertz CT molecular complexity index is 627. The summed E-state index contributed by atoms with van der Waals surface area (Å²) < 4.78 is 1.50. The third-order valence-electron chi connectivity index (χ3n) is 2.72. The Labute approximate surface area is 126 Å². The number of nitrogens with one attached hydrogen (secondary N) is 1. The number of aromatic nitrogens is 2. The lowest BCUT2D eigenvalue weighted by Gasteiger charge is -2.12. The highest BCUT2D eigenvalue weighted by Crippen LogP contribution is 2.17. The fourth-order valence-corrected chi connectivity index (χ4v) is 2.48. The van der Waals surface area contributed by atoms with Gasteiger partial charge in [0.25, 0.3) is 0 Å². The molecule has 0 aliphatic rings. The molecule has 0 aliphatic carbocycles. The number of hydrogen-bond donors (Lipinski definition) is 2. The third-order valence-corrected chi connectivity index (χ3v) is 3.74. The number of rotatable bonds is 6. The first-order valence-electron chi connectivity index (χ1n) is 6.25. The van der Waals surface area contributed by atoms with Gasteiger partial charge in [0.2, 0.25) is 5.91 Å². The maximum atomic E-state index is 11.9. The summed E-state index contributed by atoms with van der Waals surface area (Å²) in [5.41, 5.74) is 0.447. The molecule has 0 aliphatic heterocycles. The Morgan fingerprint density at radius 3 is 2.67 bits per heavy atom. The predicted octanol–water partition coefficient (Wildman–Crippen LogP) is 1.45. The highest BCUT2D eigenvalue weighted by Gasteiger charge is 2.23. The molecule has 1 amide bonds. The minimum Gasteiger partial charge on any atom is -0.479 e. The van der Waals surface area contributed by atoms with Gasteiger partial charge in [-0.15, -0.1) is 11.8 Å². The van der Waals surface area contributed by atoms with Gasteiger partial charge in [-0.05, 0) is 12.1 Å². The number of thioether (sulfide) groups is 1. The second-order valence-electron chi connectivity index (χ2n) is 4.39. The first-order valence-corrected chi connectivity index (χ1v) is 7.23. The summed E-state index contributed by atoms with van der Waals surface area (Å²) in [7, 11) is 1.69. The van der Waals surface area contributed by atoms with E-state index in [2.05, 4.69) is 10.4 Å². The van der Waals surface area contributed by atoms with E-state index < -0.39 is 12.0 Å². The maximum absolute atomic E-state index is 11.9. The zero-order valence-corrected chi connectivity index (χ0v) is 12.2. The molecular weight excluding hydrogens is 290 g/mol. The topological polar surface area (TPSA) is 84.2 Å². The summed E-state index contributed by atoms with van der Waals surface area (Å²) in [6.45, 7) is 0. The van der Waals surface area contributed by atoms with Crippen LogP contribution in [0, 0.1) is 0 Å². The number of hydrogen-bond acceptors (Lipinski definition) is 4. The van der Waals surface area contributed by atoms with Gasteiger partial charge in [0.05, 0.1) is 11.9 Å². The van der Waals surface area contributed by atoms with E-state index in [9.17, 15) is 14.7 Å². The second-order valence-corrected chi connectivity index (χ2v) is 5.44. The van der Waals surface area contributed by atoms with E-state index in [0.29, 0.717) is 5.56 Å². The van der Waals surface area contributed by atoms with Crippen LogP contribution in [0.25, 0.3) is 0 Å². The molecule has 2 N–H and O–H groups in total. The maximum Gasteiger partial charge on any atom is 0.331 e. The van der Waals surface area contributed by atoms with Crippen molar-refractivity contribution in [3.8, 4) is 0 Å². The quantitative estimate of drug-likeness (QED) is 0.789. The molecule has 2 rings (SSSR count). The van der Waals surface area contributed by atoms with E-state index in [-0.39, 0.29) is 11.7 Å². The van der Waals surface area contributed by atoms with Gasteiger partial charge in [0.15, 0.2) is 6.04 Å². The van der Waals surface area contributed by atoms with Crippen molar-refractivity contribution in [2.24, 2.45) is 7.05 Å². The second kappa shape index (κ2) is 6.94. The Morgan fingerprint density at radius 2 is 2.10 bits per heavy atom. The number of aryl methyl sites for hydroxylation is 1. The van der Waals surface area contributed by atoms with Crippen molar-refractivity contribution in [3.63, 3.8) is 0 Å². The lowest BCUT2D eigenvalue weighted by molar-refractivity contribution is -0.141. The largest absolute Gasteiger partial charge is 0.479 e. The molecule has 0 saturated carbocycles. The van der Waals surface area contributed by atoms with Crippen LogP contribution < -0.4 is 5.32 Å². The van der Waals surface area contributed by atoms with Gasteiger partial charge < -0.3 is 10.4 Å². The zero-order valence-electron chi connectivity index (χ0n) is 11.4. The summed E-state index contributed by atoms with van der Waals surface area (Å²) in [4.78, 5) is 24.1. The van der Waals surface area contributed by atoms with Crippen LogP contribution in [0.4, 0.5) is 0 Å². The number of nitrogens with zero attached hydrogens (tertiary/aromatic N) is 2. The normalized spacial score (nSPS) is 11.9. The summed E-state index contributed by atoms with van der Waals surface area (Å²) >= 11 is 1.36. The molecule has 1 unspecified atom stereocenters. The molecule has 0 bridgehead atoms. The third kappa shape index (κ3) is 4.35. The van der Waals surface area contributed by atoms with E-state index in [1.807, 2.05) is 30.3 Å². The molecule has 1 aromatic carbocycles. The Hall–Kier alpha value is -2.28. The number of carbonyl (C=O) groups is 2. The summed E-state index contributed by atoms with van der Waals surface area (Å²) in [5, 5.41) is 15.6. The van der Waals surface area contributed by atoms with Crippen molar-refractivity contribution in [2.75, 3.05) is 5.75 Å². The molecule has 0 saturated heterocycles. The van der Waals surface area contributed by atoms with Gasteiger partial charge in [0, 0.05) is 23.7 Å². The average Bonchev–Trinajstić information content (AvgIpc) is 2.89. The fraction of sp³-hybridized carbons (Fsp3) is 0.214. The number of benzene rings is 1. The lowest BCUT2D eigenvalue weighted by Crippen LogP contribution is -2.34. The lowest BCUT2D eigenvalue weighted by atomic mass is 10.1. The van der Waals surface area contributed by atoms with E-state index in [1.165, 1.54) is 22.6 Å². The van der Waals surface area contributed by atoms with Gasteiger partial charge >= 0.3 is 5.97 Å².